The second-order valence-corrected chi connectivity index (χ2v) is 12.5. The molecule has 4 rings (SSSR count). The summed E-state index contributed by atoms with van der Waals surface area (Å²) in [6.45, 7) is 1.08. The van der Waals surface area contributed by atoms with E-state index in [4.69, 9.17) is 9.90 Å². The van der Waals surface area contributed by atoms with Crippen molar-refractivity contribution in [3.8, 4) is 0 Å². The zero-order valence-corrected chi connectivity index (χ0v) is 21.4. The first-order valence-corrected chi connectivity index (χ1v) is 14.7. The van der Waals surface area contributed by atoms with E-state index < -0.39 is 5.97 Å². The normalized spacial score (nSPS) is 10.6. The van der Waals surface area contributed by atoms with Crippen LogP contribution in [-0.2, 0) is 4.79 Å². The van der Waals surface area contributed by atoms with Crippen LogP contribution in [0.2, 0.25) is 0 Å². The maximum atomic E-state index is 9.00. The largest absolute Gasteiger partial charge is 0.481 e. The van der Waals surface area contributed by atoms with Crippen molar-refractivity contribution in [3.05, 3.63) is 121 Å². The Morgan fingerprint density at radius 3 is 0.941 bits per heavy atom. The molecule has 0 heterocycles. The van der Waals surface area contributed by atoms with E-state index in [1.807, 2.05) is 0 Å². The fourth-order valence-electron chi connectivity index (χ4n) is 3.79. The summed E-state index contributed by atoms with van der Waals surface area (Å²) in [6, 6.07) is 44.3. The van der Waals surface area contributed by atoms with Crippen molar-refractivity contribution in [1.29, 1.82) is 0 Å². The third kappa shape index (κ3) is 8.53. The minimum Gasteiger partial charge on any atom is -0.481 e. The fraction of sp³-hybridized carbons (Fsp3) is 0.167. The first-order valence-electron chi connectivity index (χ1n) is 11.6. The predicted octanol–water partition coefficient (Wildman–Crippen LogP) is 6.12. The van der Waals surface area contributed by atoms with Gasteiger partial charge in [-0.05, 0) is 62.2 Å². The number of carboxylic acids is 1. The van der Waals surface area contributed by atoms with Crippen LogP contribution in [0.4, 0.5) is 0 Å². The molecular formula is C30H32O2P2. The Kier molecular flexibility index (Phi) is 11.0. The van der Waals surface area contributed by atoms with E-state index in [2.05, 4.69) is 121 Å². The predicted molar refractivity (Wildman–Crippen MR) is 150 cm³/mol. The van der Waals surface area contributed by atoms with E-state index in [0.29, 0.717) is 0 Å². The van der Waals surface area contributed by atoms with Crippen LogP contribution in [0.3, 0.4) is 0 Å². The average Bonchev–Trinajstić information content (AvgIpc) is 2.88. The lowest BCUT2D eigenvalue weighted by Crippen LogP contribution is -2.15. The Morgan fingerprint density at radius 2 is 0.735 bits per heavy atom. The molecule has 174 valence electrons. The first-order chi connectivity index (χ1) is 16.6. The molecule has 2 nitrogen and oxygen atoms in total. The van der Waals surface area contributed by atoms with Gasteiger partial charge in [0.1, 0.15) is 0 Å². The van der Waals surface area contributed by atoms with Crippen LogP contribution >= 0.6 is 15.8 Å². The van der Waals surface area contributed by atoms with Crippen LogP contribution in [0.25, 0.3) is 0 Å². The van der Waals surface area contributed by atoms with Crippen molar-refractivity contribution >= 4 is 43.0 Å². The molecule has 0 bridgehead atoms. The monoisotopic (exact) mass is 486 g/mol. The molecule has 4 heteroatoms. The Labute approximate surface area is 206 Å². The van der Waals surface area contributed by atoms with E-state index in [0.717, 1.165) is 6.92 Å². The quantitative estimate of drug-likeness (QED) is 0.229. The summed E-state index contributed by atoms with van der Waals surface area (Å²) in [4.78, 5) is 9.00. The van der Waals surface area contributed by atoms with Crippen molar-refractivity contribution < 1.29 is 9.90 Å². The molecule has 0 saturated heterocycles. The molecule has 0 atom stereocenters. The SMILES string of the molecule is CC(=O)O.c1ccc(P(CCCCP(c2ccccc2)c2ccccc2)c2ccccc2)cc1. The molecule has 0 saturated carbocycles. The molecule has 4 aromatic rings. The lowest BCUT2D eigenvalue weighted by molar-refractivity contribution is -0.134. The number of unbranched alkanes of at least 4 members (excludes halogenated alkanes) is 1. The highest BCUT2D eigenvalue weighted by Gasteiger charge is 2.16. The van der Waals surface area contributed by atoms with Gasteiger partial charge in [-0.2, -0.15) is 0 Å². The molecule has 4 aromatic carbocycles. The zero-order valence-electron chi connectivity index (χ0n) is 19.6. The smallest absolute Gasteiger partial charge is 0.300 e. The number of hydrogen-bond acceptors (Lipinski definition) is 1. The number of aliphatic carboxylic acids is 1. The number of carboxylic acid groups (broad SMARTS) is 1. The standard InChI is InChI=1S/C28H28P2.C2H4O2/c1-5-15-25(16-6-1)29(26-17-7-2-8-18-26)23-13-14-24-30(27-19-9-3-10-20-27)28-21-11-4-12-22-28;1-2(3)4/h1-12,15-22H,13-14,23-24H2;1H3,(H,3,4). The Balaban J connectivity index is 0.000000751. The highest BCUT2D eigenvalue weighted by atomic mass is 31.1. The molecule has 0 fully saturated rings. The molecule has 0 aliphatic heterocycles. The van der Waals surface area contributed by atoms with Crippen LogP contribution < -0.4 is 21.2 Å². The maximum absolute atomic E-state index is 9.00. The molecule has 0 aliphatic carbocycles. The molecule has 0 amide bonds. The van der Waals surface area contributed by atoms with E-state index in [-0.39, 0.29) is 15.8 Å². The minimum absolute atomic E-state index is 0.283. The van der Waals surface area contributed by atoms with Gasteiger partial charge in [-0.15, -0.1) is 0 Å². The summed E-state index contributed by atoms with van der Waals surface area (Å²) < 4.78 is 0. The number of rotatable bonds is 9. The van der Waals surface area contributed by atoms with Crippen LogP contribution in [-0.4, -0.2) is 23.4 Å². The summed E-state index contributed by atoms with van der Waals surface area (Å²) >= 11 is 0. The van der Waals surface area contributed by atoms with Crippen LogP contribution in [0.1, 0.15) is 19.8 Å². The van der Waals surface area contributed by atoms with Crippen molar-refractivity contribution in [3.63, 3.8) is 0 Å². The Morgan fingerprint density at radius 1 is 0.529 bits per heavy atom. The topological polar surface area (TPSA) is 37.3 Å². The molecule has 34 heavy (non-hydrogen) atoms. The molecule has 0 radical (unpaired) electrons. The average molecular weight is 487 g/mol. The summed E-state index contributed by atoms with van der Waals surface area (Å²) in [7, 11) is -0.566. The summed E-state index contributed by atoms with van der Waals surface area (Å²) in [5.74, 6) is -0.833. The van der Waals surface area contributed by atoms with E-state index in [1.165, 1.54) is 46.4 Å². The van der Waals surface area contributed by atoms with Crippen molar-refractivity contribution in [2.24, 2.45) is 0 Å². The number of hydrogen-bond donors (Lipinski definition) is 1. The molecule has 0 spiro atoms. The van der Waals surface area contributed by atoms with Gasteiger partial charge in [0.2, 0.25) is 0 Å². The highest BCUT2D eigenvalue weighted by Crippen LogP contribution is 2.38. The van der Waals surface area contributed by atoms with E-state index in [1.54, 1.807) is 0 Å². The summed E-state index contributed by atoms with van der Waals surface area (Å²) in [5.41, 5.74) is 0. The van der Waals surface area contributed by atoms with Gasteiger partial charge < -0.3 is 5.11 Å². The Bertz CT molecular complexity index is 920. The van der Waals surface area contributed by atoms with Gasteiger partial charge in [0.15, 0.2) is 0 Å². The van der Waals surface area contributed by atoms with E-state index in [9.17, 15) is 0 Å². The third-order valence-electron chi connectivity index (χ3n) is 5.28. The van der Waals surface area contributed by atoms with Gasteiger partial charge in [-0.3, -0.25) is 4.79 Å². The summed E-state index contributed by atoms with van der Waals surface area (Å²) in [5, 5.41) is 13.4. The third-order valence-corrected chi connectivity index (χ3v) is 10.5. The van der Waals surface area contributed by atoms with Gasteiger partial charge in [0, 0.05) is 6.92 Å². The van der Waals surface area contributed by atoms with Gasteiger partial charge in [-0.25, -0.2) is 0 Å². The number of benzene rings is 4. The van der Waals surface area contributed by atoms with Gasteiger partial charge >= 0.3 is 0 Å². The zero-order chi connectivity index (χ0) is 24.0. The Hall–Kier alpha value is -2.79. The second kappa shape index (κ2) is 14.5. The molecule has 0 aromatic heterocycles. The summed E-state index contributed by atoms with van der Waals surface area (Å²) in [6.07, 6.45) is 5.06. The molecule has 0 unspecified atom stereocenters. The molecule has 0 aliphatic rings. The molecule has 1 N–H and O–H groups in total. The van der Waals surface area contributed by atoms with Crippen LogP contribution in [0, 0.1) is 0 Å². The van der Waals surface area contributed by atoms with Crippen molar-refractivity contribution in [2.45, 2.75) is 19.8 Å². The molecular weight excluding hydrogens is 454 g/mol. The van der Waals surface area contributed by atoms with Crippen LogP contribution in [0.5, 0.6) is 0 Å². The van der Waals surface area contributed by atoms with Crippen molar-refractivity contribution in [2.75, 3.05) is 12.3 Å². The van der Waals surface area contributed by atoms with Gasteiger partial charge in [0.05, 0.1) is 0 Å². The fourth-order valence-corrected chi connectivity index (χ4v) is 8.62. The van der Waals surface area contributed by atoms with E-state index >= 15 is 0 Å². The second-order valence-electron chi connectivity index (χ2n) is 7.87. The lowest BCUT2D eigenvalue weighted by Gasteiger charge is -2.21. The lowest BCUT2D eigenvalue weighted by atomic mass is 10.4. The minimum atomic E-state index is -0.833. The van der Waals surface area contributed by atoms with Gasteiger partial charge in [-0.1, -0.05) is 121 Å². The maximum Gasteiger partial charge on any atom is 0.300 e. The highest BCUT2D eigenvalue weighted by molar-refractivity contribution is 7.73. The van der Waals surface area contributed by atoms with Crippen molar-refractivity contribution in [1.82, 2.24) is 0 Å². The number of carbonyl (C=O) groups is 1. The van der Waals surface area contributed by atoms with Crippen LogP contribution in [0.15, 0.2) is 121 Å². The van der Waals surface area contributed by atoms with Gasteiger partial charge in [0.25, 0.3) is 5.97 Å². The first kappa shape index (κ1) is 25.8.